The lowest BCUT2D eigenvalue weighted by Crippen LogP contribution is -2.43. The second kappa shape index (κ2) is 7.66. The third kappa shape index (κ3) is 4.63. The molecule has 0 spiro atoms. The van der Waals surface area contributed by atoms with E-state index in [4.69, 9.17) is 0 Å². The van der Waals surface area contributed by atoms with Crippen molar-refractivity contribution in [1.82, 2.24) is 9.21 Å². The highest BCUT2D eigenvalue weighted by atomic mass is 32.2. The summed E-state index contributed by atoms with van der Waals surface area (Å²) in [5.41, 5.74) is 0.354. The molecule has 0 N–H and O–H groups in total. The topological polar surface area (TPSA) is 91.8 Å². The number of carbonyl (C=O) groups excluding carboxylic acids is 1. The molecule has 26 heavy (non-hydrogen) atoms. The second-order valence-electron chi connectivity index (χ2n) is 7.22. The monoisotopic (exact) mass is 402 g/mol. The van der Waals surface area contributed by atoms with Gasteiger partial charge in [-0.15, -0.1) is 0 Å². The number of hydrogen-bond acceptors (Lipinski definition) is 5. The van der Waals surface area contributed by atoms with Gasteiger partial charge in [0.2, 0.25) is 10.0 Å². The first-order chi connectivity index (χ1) is 11.9. The van der Waals surface area contributed by atoms with Gasteiger partial charge in [-0.3, -0.25) is 4.79 Å². The van der Waals surface area contributed by atoms with Crippen LogP contribution in [0.2, 0.25) is 0 Å². The van der Waals surface area contributed by atoms with Gasteiger partial charge in [-0.05, 0) is 36.6 Å². The lowest BCUT2D eigenvalue weighted by molar-refractivity contribution is 0.0672. The van der Waals surface area contributed by atoms with E-state index in [-0.39, 0.29) is 34.3 Å². The van der Waals surface area contributed by atoms with Crippen molar-refractivity contribution < 1.29 is 21.6 Å². The summed E-state index contributed by atoms with van der Waals surface area (Å²) in [5.74, 6) is 0.00298. The van der Waals surface area contributed by atoms with Crippen LogP contribution in [0.3, 0.4) is 0 Å². The number of sulfonamides is 1. The van der Waals surface area contributed by atoms with Crippen LogP contribution in [0.4, 0.5) is 0 Å². The fourth-order valence-electron chi connectivity index (χ4n) is 2.96. The molecular weight excluding hydrogens is 376 g/mol. The fourth-order valence-corrected chi connectivity index (χ4v) is 5.59. The first kappa shape index (κ1) is 20.9. The average molecular weight is 403 g/mol. The predicted molar refractivity (Wildman–Crippen MR) is 100 cm³/mol. The standard InChI is InChI=1S/C17H26N2O5S2/c1-13(2)11-19(15-9-10-25(21,22)12-15)17(20)14-5-7-16(8-6-14)26(23,24)18(3)4/h5-8,13,15H,9-12H2,1-4H3/t15-/m1/s1. The molecule has 1 amide bonds. The van der Waals surface area contributed by atoms with E-state index >= 15 is 0 Å². The van der Waals surface area contributed by atoms with Crippen molar-refractivity contribution in [3.8, 4) is 0 Å². The highest BCUT2D eigenvalue weighted by molar-refractivity contribution is 7.91. The lowest BCUT2D eigenvalue weighted by Gasteiger charge is -2.30. The van der Waals surface area contributed by atoms with Crippen LogP contribution in [0.15, 0.2) is 29.2 Å². The molecule has 2 rings (SSSR count). The number of amides is 1. The Morgan fingerprint density at radius 2 is 1.77 bits per heavy atom. The molecule has 9 heteroatoms. The van der Waals surface area contributed by atoms with Crippen molar-refractivity contribution >= 4 is 25.8 Å². The van der Waals surface area contributed by atoms with E-state index in [1.165, 1.54) is 38.4 Å². The lowest BCUT2D eigenvalue weighted by atomic mass is 10.1. The van der Waals surface area contributed by atoms with Crippen LogP contribution in [0.5, 0.6) is 0 Å². The van der Waals surface area contributed by atoms with Gasteiger partial charge in [-0.2, -0.15) is 0 Å². The van der Waals surface area contributed by atoms with Crippen LogP contribution in [0.1, 0.15) is 30.6 Å². The molecule has 1 aromatic rings. The summed E-state index contributed by atoms with van der Waals surface area (Å²) in [6, 6.07) is 5.44. The van der Waals surface area contributed by atoms with Crippen LogP contribution >= 0.6 is 0 Å². The molecule has 1 aliphatic rings. The summed E-state index contributed by atoms with van der Waals surface area (Å²) in [4.78, 5) is 14.7. The third-order valence-corrected chi connectivity index (χ3v) is 7.93. The Bertz CT molecular complexity index is 859. The van der Waals surface area contributed by atoms with Crippen LogP contribution in [-0.2, 0) is 19.9 Å². The van der Waals surface area contributed by atoms with Crippen molar-refractivity contribution in [2.45, 2.75) is 31.2 Å². The second-order valence-corrected chi connectivity index (χ2v) is 11.6. The molecule has 1 heterocycles. The Labute approximate surface area is 156 Å². The molecular formula is C17H26N2O5S2. The van der Waals surface area contributed by atoms with Gasteiger partial charge in [0.15, 0.2) is 9.84 Å². The minimum Gasteiger partial charge on any atom is -0.334 e. The summed E-state index contributed by atoms with van der Waals surface area (Å²) >= 11 is 0. The number of carbonyl (C=O) groups is 1. The number of hydrogen-bond donors (Lipinski definition) is 0. The molecule has 0 aliphatic carbocycles. The third-order valence-electron chi connectivity index (χ3n) is 4.35. The van der Waals surface area contributed by atoms with Gasteiger partial charge in [0, 0.05) is 32.2 Å². The average Bonchev–Trinajstić information content (AvgIpc) is 2.91. The molecule has 1 aliphatic heterocycles. The summed E-state index contributed by atoms with van der Waals surface area (Å²) in [7, 11) is -3.78. The SMILES string of the molecule is CC(C)CN(C(=O)c1ccc(S(=O)(=O)N(C)C)cc1)[C@@H]1CCS(=O)(=O)C1. The Hall–Kier alpha value is -1.45. The molecule has 0 aromatic heterocycles. The maximum atomic E-state index is 12.9. The fraction of sp³-hybridized carbons (Fsp3) is 0.588. The number of benzene rings is 1. The van der Waals surface area contributed by atoms with Gasteiger partial charge in [0.05, 0.1) is 16.4 Å². The van der Waals surface area contributed by atoms with Gasteiger partial charge < -0.3 is 4.90 Å². The Kier molecular flexibility index (Phi) is 6.14. The molecule has 7 nitrogen and oxygen atoms in total. The summed E-state index contributed by atoms with van der Waals surface area (Å²) in [6.07, 6.45) is 0.438. The summed E-state index contributed by atoms with van der Waals surface area (Å²) in [5, 5.41) is 0. The van der Waals surface area contributed by atoms with Crippen LogP contribution in [0, 0.1) is 5.92 Å². The van der Waals surface area contributed by atoms with Gasteiger partial charge in [-0.1, -0.05) is 13.8 Å². The van der Waals surface area contributed by atoms with Crippen molar-refractivity contribution in [2.24, 2.45) is 5.92 Å². The predicted octanol–water partition coefficient (Wildman–Crippen LogP) is 1.22. The summed E-state index contributed by atoms with van der Waals surface area (Å²) < 4.78 is 49.0. The molecule has 0 unspecified atom stereocenters. The molecule has 1 aromatic carbocycles. The van der Waals surface area contributed by atoms with E-state index < -0.39 is 19.9 Å². The zero-order chi connectivity index (χ0) is 19.7. The Morgan fingerprint density at radius 1 is 1.19 bits per heavy atom. The van der Waals surface area contributed by atoms with Crippen molar-refractivity contribution in [1.29, 1.82) is 0 Å². The highest BCUT2D eigenvalue weighted by Crippen LogP contribution is 2.22. The number of rotatable bonds is 6. The maximum Gasteiger partial charge on any atom is 0.254 e. The molecule has 1 saturated heterocycles. The quantitative estimate of drug-likeness (QED) is 0.713. The Balaban J connectivity index is 2.28. The van der Waals surface area contributed by atoms with Crippen LogP contribution < -0.4 is 0 Å². The molecule has 0 saturated carbocycles. The number of sulfone groups is 1. The van der Waals surface area contributed by atoms with E-state index in [0.29, 0.717) is 18.5 Å². The largest absolute Gasteiger partial charge is 0.334 e. The first-order valence-corrected chi connectivity index (χ1v) is 11.7. The molecule has 1 fully saturated rings. The van der Waals surface area contributed by atoms with E-state index in [2.05, 4.69) is 0 Å². The van der Waals surface area contributed by atoms with Gasteiger partial charge in [0.1, 0.15) is 0 Å². The van der Waals surface area contributed by atoms with Crippen molar-refractivity contribution in [3.05, 3.63) is 29.8 Å². The molecule has 0 bridgehead atoms. The zero-order valence-electron chi connectivity index (χ0n) is 15.5. The summed E-state index contributed by atoms with van der Waals surface area (Å²) in [6.45, 7) is 4.39. The zero-order valence-corrected chi connectivity index (χ0v) is 17.2. The normalized spacial score (nSPS) is 19.8. The van der Waals surface area contributed by atoms with E-state index in [9.17, 15) is 21.6 Å². The minimum absolute atomic E-state index is 0.0153. The van der Waals surface area contributed by atoms with Crippen molar-refractivity contribution in [2.75, 3.05) is 32.1 Å². The molecule has 146 valence electrons. The van der Waals surface area contributed by atoms with Crippen LogP contribution in [0.25, 0.3) is 0 Å². The highest BCUT2D eigenvalue weighted by Gasteiger charge is 2.35. The van der Waals surface area contributed by atoms with Crippen LogP contribution in [-0.4, -0.2) is 70.1 Å². The number of nitrogens with zero attached hydrogens (tertiary/aromatic N) is 2. The maximum absolute atomic E-state index is 12.9. The first-order valence-electron chi connectivity index (χ1n) is 8.48. The van der Waals surface area contributed by atoms with E-state index in [1.807, 2.05) is 13.8 Å². The minimum atomic E-state index is -3.56. The molecule has 0 radical (unpaired) electrons. The Morgan fingerprint density at radius 3 is 2.19 bits per heavy atom. The van der Waals surface area contributed by atoms with E-state index in [0.717, 1.165) is 4.31 Å². The smallest absolute Gasteiger partial charge is 0.254 e. The van der Waals surface area contributed by atoms with E-state index in [1.54, 1.807) is 4.90 Å². The molecule has 1 atom stereocenters. The van der Waals surface area contributed by atoms with Crippen molar-refractivity contribution in [3.63, 3.8) is 0 Å². The van der Waals surface area contributed by atoms with Gasteiger partial charge in [-0.25, -0.2) is 21.1 Å². The van der Waals surface area contributed by atoms with Gasteiger partial charge >= 0.3 is 0 Å². The van der Waals surface area contributed by atoms with Gasteiger partial charge in [0.25, 0.3) is 5.91 Å².